The zero-order valence-corrected chi connectivity index (χ0v) is 17.2. The first-order chi connectivity index (χ1) is 14.9. The lowest BCUT2D eigenvalue weighted by molar-refractivity contribution is -0.143. The second kappa shape index (κ2) is 9.51. The minimum absolute atomic E-state index is 0.00538. The van der Waals surface area contributed by atoms with E-state index in [1.54, 1.807) is 6.92 Å². The summed E-state index contributed by atoms with van der Waals surface area (Å²) < 4.78 is 82.8. The number of aryl methyl sites for hydroxylation is 1. The predicted octanol–water partition coefficient (Wildman–Crippen LogP) is 5.10. The third-order valence-corrected chi connectivity index (χ3v) is 5.50. The molecule has 5 nitrogen and oxygen atoms in total. The highest BCUT2D eigenvalue weighted by molar-refractivity contribution is 5.94. The molecule has 2 N–H and O–H groups in total. The number of benzene rings is 1. The van der Waals surface area contributed by atoms with Crippen LogP contribution in [-0.4, -0.2) is 23.7 Å². The maximum absolute atomic E-state index is 13.0. The average molecular weight is 463 g/mol. The van der Waals surface area contributed by atoms with E-state index in [0.717, 1.165) is 37.1 Å². The number of rotatable bonds is 6. The number of halogens is 6. The molecule has 32 heavy (non-hydrogen) atoms. The molecule has 0 unspecified atom stereocenters. The topological polar surface area (TPSA) is 67.2 Å². The van der Waals surface area contributed by atoms with E-state index in [2.05, 4.69) is 15.8 Å². The van der Waals surface area contributed by atoms with Gasteiger partial charge in [-0.25, -0.2) is 0 Å². The van der Waals surface area contributed by atoms with Gasteiger partial charge in [-0.05, 0) is 56.7 Å². The Hall–Kier alpha value is -2.56. The van der Waals surface area contributed by atoms with Crippen LogP contribution in [0.2, 0.25) is 0 Å². The van der Waals surface area contributed by atoms with Crippen molar-refractivity contribution < 1.29 is 35.7 Å². The molecule has 3 rings (SSSR count). The van der Waals surface area contributed by atoms with Crippen LogP contribution in [0, 0.1) is 12.8 Å². The number of hydrogen-bond acceptors (Lipinski definition) is 4. The summed E-state index contributed by atoms with van der Waals surface area (Å²) in [5, 5.41) is 9.77. The van der Waals surface area contributed by atoms with Crippen molar-refractivity contribution >= 4 is 5.91 Å². The molecule has 0 radical (unpaired) electrons. The number of hydrogen-bond donors (Lipinski definition) is 2. The van der Waals surface area contributed by atoms with Crippen LogP contribution >= 0.6 is 0 Å². The van der Waals surface area contributed by atoms with Gasteiger partial charge in [0.05, 0.1) is 16.8 Å². The molecular formula is C21H23F6N3O2. The van der Waals surface area contributed by atoms with Crippen molar-refractivity contribution in [2.24, 2.45) is 5.92 Å². The largest absolute Gasteiger partial charge is 0.416 e. The van der Waals surface area contributed by atoms with Crippen LogP contribution in [0.25, 0.3) is 0 Å². The molecule has 0 aliphatic heterocycles. The SMILES string of the molecule is Cc1cc(CN[C@H]2CC[C@H](CNC(=O)c3cc(C(F)(F)F)cc(C(F)(F)F)c3)CC2)no1. The van der Waals surface area contributed by atoms with E-state index in [9.17, 15) is 31.1 Å². The van der Waals surface area contributed by atoms with Gasteiger partial charge >= 0.3 is 12.4 Å². The van der Waals surface area contributed by atoms with Gasteiger partial charge in [0.15, 0.2) is 0 Å². The third-order valence-electron chi connectivity index (χ3n) is 5.50. The summed E-state index contributed by atoms with van der Waals surface area (Å²) in [7, 11) is 0. The molecule has 1 aliphatic rings. The average Bonchev–Trinajstić information content (AvgIpc) is 3.14. The minimum atomic E-state index is -4.99. The number of alkyl halides is 6. The fourth-order valence-electron chi connectivity index (χ4n) is 3.75. The zero-order chi connectivity index (χ0) is 23.5. The molecule has 1 aliphatic carbocycles. The maximum Gasteiger partial charge on any atom is 0.416 e. The predicted molar refractivity (Wildman–Crippen MR) is 103 cm³/mol. The highest BCUT2D eigenvalue weighted by atomic mass is 19.4. The molecule has 1 heterocycles. The van der Waals surface area contributed by atoms with Gasteiger partial charge in [0, 0.05) is 30.8 Å². The van der Waals surface area contributed by atoms with Crippen LogP contribution in [0.5, 0.6) is 0 Å². The van der Waals surface area contributed by atoms with Crippen molar-refractivity contribution in [3.8, 4) is 0 Å². The molecule has 0 atom stereocenters. The van der Waals surface area contributed by atoms with Crippen LogP contribution in [0.4, 0.5) is 26.3 Å². The second-order valence-electron chi connectivity index (χ2n) is 8.03. The van der Waals surface area contributed by atoms with Crippen LogP contribution in [0.15, 0.2) is 28.8 Å². The number of carbonyl (C=O) groups is 1. The van der Waals surface area contributed by atoms with Crippen molar-refractivity contribution in [3.63, 3.8) is 0 Å². The molecule has 176 valence electrons. The molecule has 2 aromatic rings. The van der Waals surface area contributed by atoms with Crippen LogP contribution in [0.1, 0.15) is 58.6 Å². The standard InChI is InChI=1S/C21H23F6N3O2/c1-12-6-18(30-32-12)11-28-17-4-2-13(3-5-17)10-29-19(31)14-7-15(20(22,23)24)9-16(8-14)21(25,26)27/h6-9,13,17,28H,2-5,10-11H2,1H3,(H,29,31)/t13-,17-. The Bertz CT molecular complexity index is 898. The monoisotopic (exact) mass is 463 g/mol. The van der Waals surface area contributed by atoms with E-state index < -0.39 is 35.0 Å². The van der Waals surface area contributed by atoms with Crippen LogP contribution < -0.4 is 10.6 Å². The molecular weight excluding hydrogens is 440 g/mol. The van der Waals surface area contributed by atoms with Gasteiger partial charge in [-0.15, -0.1) is 0 Å². The maximum atomic E-state index is 13.0. The van der Waals surface area contributed by atoms with Crippen molar-refractivity contribution in [1.82, 2.24) is 15.8 Å². The van der Waals surface area contributed by atoms with E-state index in [-0.39, 0.29) is 24.6 Å². The lowest BCUT2D eigenvalue weighted by atomic mass is 9.86. The normalized spacial score (nSPS) is 19.7. The van der Waals surface area contributed by atoms with Gasteiger partial charge in [0.1, 0.15) is 5.76 Å². The zero-order valence-electron chi connectivity index (χ0n) is 17.2. The first-order valence-electron chi connectivity index (χ1n) is 10.1. The fraction of sp³-hybridized carbons (Fsp3) is 0.524. The molecule has 1 fully saturated rings. The summed E-state index contributed by atoms with van der Waals surface area (Å²) in [4.78, 5) is 12.3. The lowest BCUT2D eigenvalue weighted by Crippen LogP contribution is -2.36. The Morgan fingerprint density at radius 3 is 2.09 bits per heavy atom. The van der Waals surface area contributed by atoms with E-state index >= 15 is 0 Å². The number of aromatic nitrogens is 1. The lowest BCUT2D eigenvalue weighted by Gasteiger charge is -2.29. The Morgan fingerprint density at radius 2 is 1.59 bits per heavy atom. The summed E-state index contributed by atoms with van der Waals surface area (Å²) in [6, 6.07) is 2.99. The first-order valence-corrected chi connectivity index (χ1v) is 10.1. The highest BCUT2D eigenvalue weighted by Crippen LogP contribution is 2.36. The first kappa shape index (κ1) is 24.1. The molecule has 0 saturated heterocycles. The number of carbonyl (C=O) groups excluding carboxylic acids is 1. The van der Waals surface area contributed by atoms with E-state index in [4.69, 9.17) is 4.52 Å². The summed E-state index contributed by atoms with van der Waals surface area (Å²) in [6.45, 7) is 2.56. The fourth-order valence-corrected chi connectivity index (χ4v) is 3.75. The van der Waals surface area contributed by atoms with Crippen LogP contribution in [0.3, 0.4) is 0 Å². The summed E-state index contributed by atoms with van der Waals surface area (Å²) >= 11 is 0. The molecule has 0 bridgehead atoms. The molecule has 0 spiro atoms. The van der Waals surface area contributed by atoms with Gasteiger partial charge in [-0.2, -0.15) is 26.3 Å². The number of amides is 1. The Balaban J connectivity index is 1.52. The van der Waals surface area contributed by atoms with E-state index in [0.29, 0.717) is 18.7 Å². The molecule has 1 aromatic carbocycles. The summed E-state index contributed by atoms with van der Waals surface area (Å²) in [5.41, 5.74) is -2.88. The smallest absolute Gasteiger partial charge is 0.361 e. The van der Waals surface area contributed by atoms with Crippen molar-refractivity contribution in [3.05, 3.63) is 52.4 Å². The third kappa shape index (κ3) is 6.47. The minimum Gasteiger partial charge on any atom is -0.361 e. The Labute approximate surface area is 180 Å². The van der Waals surface area contributed by atoms with E-state index in [1.165, 1.54) is 0 Å². The highest BCUT2D eigenvalue weighted by Gasteiger charge is 2.37. The van der Waals surface area contributed by atoms with Crippen molar-refractivity contribution in [2.45, 2.75) is 57.5 Å². The molecule has 1 aromatic heterocycles. The Morgan fingerprint density at radius 1 is 1.00 bits per heavy atom. The van der Waals surface area contributed by atoms with E-state index in [1.807, 2.05) is 6.07 Å². The van der Waals surface area contributed by atoms with Crippen LogP contribution in [-0.2, 0) is 18.9 Å². The second-order valence-corrected chi connectivity index (χ2v) is 8.03. The van der Waals surface area contributed by atoms with Gasteiger partial charge in [-0.3, -0.25) is 4.79 Å². The number of nitrogens with one attached hydrogen (secondary N) is 2. The van der Waals surface area contributed by atoms with Gasteiger partial charge in [-0.1, -0.05) is 5.16 Å². The Kier molecular flexibility index (Phi) is 7.16. The quantitative estimate of drug-likeness (QED) is 0.585. The van der Waals surface area contributed by atoms with Crippen molar-refractivity contribution in [1.29, 1.82) is 0 Å². The van der Waals surface area contributed by atoms with Gasteiger partial charge < -0.3 is 15.2 Å². The van der Waals surface area contributed by atoms with Crippen molar-refractivity contribution in [2.75, 3.05) is 6.54 Å². The number of nitrogens with zero attached hydrogens (tertiary/aromatic N) is 1. The molecule has 1 amide bonds. The summed E-state index contributed by atoms with van der Waals surface area (Å²) in [6.07, 6.45) is -6.78. The van der Waals surface area contributed by atoms with Gasteiger partial charge in [0.2, 0.25) is 0 Å². The summed E-state index contributed by atoms with van der Waals surface area (Å²) in [5.74, 6) is -0.133. The van der Waals surface area contributed by atoms with Gasteiger partial charge in [0.25, 0.3) is 5.91 Å². The molecule has 11 heteroatoms. The molecule has 1 saturated carbocycles.